The van der Waals surface area contributed by atoms with Crippen molar-refractivity contribution in [2.24, 2.45) is 56.6 Å². The number of hydrogen-bond donors (Lipinski definition) is 8. The Morgan fingerprint density at radius 2 is 1.60 bits per heavy atom. The van der Waals surface area contributed by atoms with Crippen LogP contribution in [-0.2, 0) is 19.1 Å². The van der Waals surface area contributed by atoms with Gasteiger partial charge in [0.15, 0.2) is 5.96 Å². The van der Waals surface area contributed by atoms with E-state index >= 15 is 0 Å². The number of fused-ring (bicyclic) bond motifs is 4. The molecule has 12 heteroatoms. The van der Waals surface area contributed by atoms with Crippen LogP contribution < -0.4 is 22.5 Å². The molecule has 4 aliphatic rings. The van der Waals surface area contributed by atoms with E-state index < -0.39 is 30.0 Å². The number of aliphatic hydroxyl groups excluding tert-OH is 1. The normalized spacial score (nSPS) is 30.6. The number of carboxylic acids is 2. The van der Waals surface area contributed by atoms with E-state index in [0.717, 1.165) is 18.3 Å². The molecular weight excluding hydrogens is 699 g/mol. The minimum absolute atomic E-state index is 0.0465. The highest BCUT2D eigenvalue weighted by atomic mass is 16.5. The third kappa shape index (κ3) is 11.8. The largest absolute Gasteiger partial charge is 0.481 e. The van der Waals surface area contributed by atoms with Gasteiger partial charge in [0.25, 0.3) is 0 Å². The van der Waals surface area contributed by atoms with Gasteiger partial charge in [-0.3, -0.25) is 19.8 Å². The Balaban J connectivity index is 0.000000360. The molecule has 0 heterocycles. The summed E-state index contributed by atoms with van der Waals surface area (Å²) >= 11 is 0. The molecule has 12 nitrogen and oxygen atoms in total. The van der Waals surface area contributed by atoms with Gasteiger partial charge < -0.3 is 42.6 Å². The number of nitrogens with two attached hydrogens (primary N) is 3. The average Bonchev–Trinajstić information content (AvgIpc) is 3.38. The lowest BCUT2D eigenvalue weighted by molar-refractivity contribution is -0.145. The van der Waals surface area contributed by atoms with Gasteiger partial charge in [-0.25, -0.2) is 0 Å². The zero-order valence-corrected chi connectivity index (χ0v) is 35.6. The van der Waals surface area contributed by atoms with Crippen LogP contribution in [-0.4, -0.2) is 70.5 Å². The zero-order valence-electron chi connectivity index (χ0n) is 35.6. The van der Waals surface area contributed by atoms with Crippen LogP contribution >= 0.6 is 0 Å². The third-order valence-corrected chi connectivity index (χ3v) is 14.2. The van der Waals surface area contributed by atoms with Crippen molar-refractivity contribution in [2.45, 2.75) is 170 Å². The number of allylic oxidation sites excluding steroid dienone is 4. The number of nitrogens with one attached hydrogen (secondary N) is 2. The van der Waals surface area contributed by atoms with E-state index in [0.29, 0.717) is 41.5 Å². The summed E-state index contributed by atoms with van der Waals surface area (Å²) in [6.45, 7) is 22.0. The lowest BCUT2D eigenvalue weighted by Gasteiger charge is -2.62. The summed E-state index contributed by atoms with van der Waals surface area (Å²) in [7, 11) is 0. The molecule has 0 spiro atoms. The number of esters is 1. The molecule has 0 aromatic heterocycles. The molecule has 2 unspecified atom stereocenters. The van der Waals surface area contributed by atoms with E-state index in [1.54, 1.807) is 6.92 Å². The number of carbonyl (C=O) groups is 3. The summed E-state index contributed by atoms with van der Waals surface area (Å²) in [5, 5.41) is 36.8. The van der Waals surface area contributed by atoms with Crippen LogP contribution in [0.15, 0.2) is 22.8 Å². The molecular formula is C43H77N5O7. The van der Waals surface area contributed by atoms with Crippen molar-refractivity contribution in [1.29, 1.82) is 5.41 Å². The Bertz CT molecular complexity index is 1390. The highest BCUT2D eigenvalue weighted by Gasteiger charge is 2.63. The fraction of sp³-hybridized carbons (Fsp3) is 0.814. The maximum absolute atomic E-state index is 10.8. The third-order valence-electron chi connectivity index (χ3n) is 14.2. The van der Waals surface area contributed by atoms with Crippen LogP contribution in [0.5, 0.6) is 0 Å². The SMILES string of the molecule is CC(C)=CCC[C@@H](C)[C@H]1CC[C@@]2(C)C3=C(CC[C@]12C)[C@@]1(C)CC[C@H](O)C(C)(C)[C@@H]1CC3.CCOC(=O)C(N)CCC(=O)O.N=C(N)NCCCC(N)C(=O)O. The van der Waals surface area contributed by atoms with Crippen LogP contribution in [0.1, 0.15) is 152 Å². The van der Waals surface area contributed by atoms with Crippen LogP contribution in [0.2, 0.25) is 0 Å². The van der Waals surface area contributed by atoms with Crippen molar-refractivity contribution in [3.8, 4) is 0 Å². The number of aliphatic carboxylic acids is 2. The fourth-order valence-corrected chi connectivity index (χ4v) is 10.8. The van der Waals surface area contributed by atoms with E-state index in [1.807, 2.05) is 11.1 Å². The molecule has 0 bridgehead atoms. The molecule has 0 amide bonds. The molecule has 55 heavy (non-hydrogen) atoms. The summed E-state index contributed by atoms with van der Waals surface area (Å²) in [6.07, 6.45) is 16.1. The monoisotopic (exact) mass is 776 g/mol. The summed E-state index contributed by atoms with van der Waals surface area (Å²) in [6, 6.07) is -1.64. The number of ether oxygens (including phenoxy) is 1. The number of hydrogen-bond acceptors (Lipinski definition) is 8. The number of guanidine groups is 1. The molecule has 4 rings (SSSR count). The van der Waals surface area contributed by atoms with Gasteiger partial charge in [0, 0.05) is 13.0 Å². The predicted molar refractivity (Wildman–Crippen MR) is 219 cm³/mol. The minimum Gasteiger partial charge on any atom is -0.481 e. The first-order valence-electron chi connectivity index (χ1n) is 20.7. The van der Waals surface area contributed by atoms with E-state index in [4.69, 9.17) is 32.8 Å². The fourth-order valence-electron chi connectivity index (χ4n) is 10.8. The Morgan fingerprint density at radius 3 is 2.16 bits per heavy atom. The summed E-state index contributed by atoms with van der Waals surface area (Å²) in [4.78, 5) is 31.1. The molecule has 11 N–H and O–H groups in total. The van der Waals surface area contributed by atoms with Gasteiger partial charge in [-0.2, -0.15) is 0 Å². The smallest absolute Gasteiger partial charge is 0.322 e. The van der Waals surface area contributed by atoms with Crippen molar-refractivity contribution in [3.05, 3.63) is 22.8 Å². The molecule has 316 valence electrons. The van der Waals surface area contributed by atoms with Crippen molar-refractivity contribution >= 4 is 23.9 Å². The molecule has 4 aliphatic carbocycles. The Labute approximate surface area is 331 Å². The highest BCUT2D eigenvalue weighted by molar-refractivity contribution is 5.76. The molecule has 0 saturated heterocycles. The predicted octanol–water partition coefficient (Wildman–Crippen LogP) is 6.88. The van der Waals surface area contributed by atoms with Crippen molar-refractivity contribution in [1.82, 2.24) is 5.32 Å². The Morgan fingerprint density at radius 1 is 0.945 bits per heavy atom. The maximum atomic E-state index is 10.8. The Kier molecular flexibility index (Phi) is 17.9. The van der Waals surface area contributed by atoms with Gasteiger partial charge in [0.2, 0.25) is 0 Å². The summed E-state index contributed by atoms with van der Waals surface area (Å²) in [5.41, 5.74) is 21.9. The second-order valence-electron chi connectivity index (χ2n) is 18.3. The van der Waals surface area contributed by atoms with Crippen LogP contribution in [0, 0.1) is 44.8 Å². The van der Waals surface area contributed by atoms with Crippen LogP contribution in [0.4, 0.5) is 0 Å². The summed E-state index contributed by atoms with van der Waals surface area (Å²) in [5.74, 6) is -0.298. The van der Waals surface area contributed by atoms with E-state index in [1.165, 1.54) is 63.4 Å². The zero-order chi connectivity index (χ0) is 41.9. The lowest BCUT2D eigenvalue weighted by atomic mass is 9.43. The van der Waals surface area contributed by atoms with Crippen molar-refractivity contribution in [2.75, 3.05) is 13.2 Å². The van der Waals surface area contributed by atoms with E-state index in [-0.39, 0.29) is 36.9 Å². The number of carbonyl (C=O) groups excluding carboxylic acids is 1. The second kappa shape index (κ2) is 20.5. The van der Waals surface area contributed by atoms with E-state index in [2.05, 4.69) is 71.5 Å². The van der Waals surface area contributed by atoms with Gasteiger partial charge >= 0.3 is 17.9 Å². The van der Waals surface area contributed by atoms with E-state index in [9.17, 15) is 19.5 Å². The molecule has 0 aromatic rings. The van der Waals surface area contributed by atoms with Crippen molar-refractivity contribution in [3.63, 3.8) is 0 Å². The average molecular weight is 776 g/mol. The van der Waals surface area contributed by atoms with Gasteiger partial charge in [0.1, 0.15) is 12.1 Å². The molecule has 0 radical (unpaired) electrons. The number of aliphatic hydroxyl groups is 1. The van der Waals surface area contributed by atoms with Gasteiger partial charge in [-0.15, -0.1) is 0 Å². The summed E-state index contributed by atoms with van der Waals surface area (Å²) < 4.78 is 4.58. The maximum Gasteiger partial charge on any atom is 0.322 e. The second-order valence-corrected chi connectivity index (χ2v) is 18.3. The lowest BCUT2D eigenvalue weighted by Crippen LogP contribution is -2.55. The first kappa shape index (κ1) is 48.2. The molecule has 0 aromatic carbocycles. The minimum atomic E-state index is -1.00. The first-order valence-corrected chi connectivity index (χ1v) is 20.7. The topological polar surface area (TPSA) is 235 Å². The van der Waals surface area contributed by atoms with Crippen molar-refractivity contribution < 1.29 is 34.4 Å². The first-order chi connectivity index (χ1) is 25.5. The quantitative estimate of drug-likeness (QED) is 0.0298. The molecule has 0 aliphatic heterocycles. The van der Waals surface area contributed by atoms with Gasteiger partial charge in [-0.1, -0.05) is 64.3 Å². The van der Waals surface area contributed by atoms with Gasteiger partial charge in [0.05, 0.1) is 12.7 Å². The Hall–Kier alpha value is -2.96. The number of rotatable bonds is 14. The van der Waals surface area contributed by atoms with Gasteiger partial charge in [-0.05, 0) is 144 Å². The highest BCUT2D eigenvalue weighted by Crippen LogP contribution is 2.72. The molecule has 2 saturated carbocycles. The van der Waals surface area contributed by atoms with Crippen LogP contribution in [0.3, 0.4) is 0 Å². The molecule has 9 atom stereocenters. The standard InChI is InChI=1S/C30H50O.C7H13NO4.C6H14N4O2/c1-20(2)10-9-11-21(3)22-14-18-30(8)24-12-13-25-27(4,5)26(31)16-17-28(25,6)23(24)15-19-29(22,30)7;1-2-12-7(11)5(8)3-4-6(9)10;7-4(5(11)12)2-1-3-10-6(8)9/h10,21-22,25-26,31H,9,11-19H2,1-8H3;5H,2-4,8H2,1H3,(H,9,10);4H,1-3,7H2,(H,11,12)(H4,8,9,10)/t21-,22-,25+,26+,28-,29-,30+;;/m1../s1. The van der Waals surface area contributed by atoms with Crippen LogP contribution in [0.25, 0.3) is 0 Å². The molecule has 2 fully saturated rings. The number of carboxylic acid groups (broad SMARTS) is 2.